The van der Waals surface area contributed by atoms with Gasteiger partial charge in [-0.1, -0.05) is 12.1 Å². The van der Waals surface area contributed by atoms with Crippen LogP contribution in [0, 0.1) is 6.92 Å². The summed E-state index contributed by atoms with van der Waals surface area (Å²) in [6.07, 6.45) is 0.328. The summed E-state index contributed by atoms with van der Waals surface area (Å²) in [4.78, 5) is 16.5. The summed E-state index contributed by atoms with van der Waals surface area (Å²) in [6.45, 7) is 6.69. The van der Waals surface area contributed by atoms with Crippen LogP contribution in [-0.4, -0.2) is 37.3 Å². The minimum absolute atomic E-state index is 0.106. The molecule has 2 rings (SSSR count). The van der Waals surface area contributed by atoms with Crippen molar-refractivity contribution in [3.63, 3.8) is 0 Å². The Morgan fingerprint density at radius 1 is 1.33 bits per heavy atom. The fraction of sp³-hybridized carbons (Fsp3) is 0.444. The van der Waals surface area contributed by atoms with Crippen molar-refractivity contribution in [1.29, 1.82) is 0 Å². The van der Waals surface area contributed by atoms with Crippen molar-refractivity contribution in [2.45, 2.75) is 33.3 Å². The van der Waals surface area contributed by atoms with Crippen molar-refractivity contribution in [3.05, 3.63) is 35.7 Å². The molecule has 1 aromatic carbocycles. The van der Waals surface area contributed by atoms with Gasteiger partial charge < -0.3 is 19.2 Å². The lowest BCUT2D eigenvalue weighted by atomic mass is 10.2. The van der Waals surface area contributed by atoms with Gasteiger partial charge in [0.25, 0.3) is 0 Å². The molecule has 24 heavy (non-hydrogen) atoms. The summed E-state index contributed by atoms with van der Waals surface area (Å²) in [6, 6.07) is 7.48. The van der Waals surface area contributed by atoms with Crippen LogP contribution < -0.4 is 10.1 Å². The molecule has 130 valence electrons. The molecule has 1 amide bonds. The SMILES string of the molecule is COc1ccccc1-c1nc(CC(=O)NCCOC(C)C)c(C)o1. The number of benzene rings is 1. The van der Waals surface area contributed by atoms with Crippen molar-refractivity contribution < 1.29 is 18.7 Å². The zero-order valence-electron chi connectivity index (χ0n) is 14.6. The van der Waals surface area contributed by atoms with Gasteiger partial charge >= 0.3 is 0 Å². The number of hydrogen-bond donors (Lipinski definition) is 1. The number of ether oxygens (including phenoxy) is 2. The molecule has 0 aliphatic rings. The first-order chi connectivity index (χ1) is 11.5. The summed E-state index contributed by atoms with van der Waals surface area (Å²) in [5.74, 6) is 1.66. The van der Waals surface area contributed by atoms with E-state index in [4.69, 9.17) is 13.9 Å². The van der Waals surface area contributed by atoms with Crippen LogP contribution in [0.1, 0.15) is 25.3 Å². The predicted octanol–water partition coefficient (Wildman–Crippen LogP) is 2.74. The van der Waals surface area contributed by atoms with Gasteiger partial charge in [-0.05, 0) is 32.9 Å². The number of methoxy groups -OCH3 is 1. The second-order valence-electron chi connectivity index (χ2n) is 5.67. The Bertz CT molecular complexity index is 679. The zero-order chi connectivity index (χ0) is 17.5. The third kappa shape index (κ3) is 4.83. The van der Waals surface area contributed by atoms with E-state index >= 15 is 0 Å². The van der Waals surface area contributed by atoms with Crippen LogP contribution in [0.15, 0.2) is 28.7 Å². The first-order valence-electron chi connectivity index (χ1n) is 7.99. The molecule has 0 unspecified atom stereocenters. The number of oxazole rings is 1. The van der Waals surface area contributed by atoms with Gasteiger partial charge in [0.05, 0.1) is 37.5 Å². The van der Waals surface area contributed by atoms with E-state index < -0.39 is 0 Å². The number of para-hydroxylation sites is 1. The second-order valence-corrected chi connectivity index (χ2v) is 5.67. The number of nitrogens with one attached hydrogen (secondary N) is 1. The highest BCUT2D eigenvalue weighted by molar-refractivity contribution is 5.78. The van der Waals surface area contributed by atoms with Crippen LogP contribution in [0.25, 0.3) is 11.5 Å². The third-order valence-electron chi connectivity index (χ3n) is 3.43. The molecule has 0 aliphatic carbocycles. The smallest absolute Gasteiger partial charge is 0.230 e. The molecule has 1 aromatic heterocycles. The Morgan fingerprint density at radius 2 is 2.08 bits per heavy atom. The molecular weight excluding hydrogens is 308 g/mol. The summed E-state index contributed by atoms with van der Waals surface area (Å²) >= 11 is 0. The van der Waals surface area contributed by atoms with Gasteiger partial charge in [-0.3, -0.25) is 4.79 Å². The molecule has 0 spiro atoms. The molecule has 6 heteroatoms. The fourth-order valence-corrected chi connectivity index (χ4v) is 2.23. The first-order valence-corrected chi connectivity index (χ1v) is 7.99. The number of nitrogens with zero attached hydrogens (tertiary/aromatic N) is 1. The van der Waals surface area contributed by atoms with Crippen LogP contribution in [-0.2, 0) is 16.0 Å². The van der Waals surface area contributed by atoms with Crippen LogP contribution in [0.4, 0.5) is 0 Å². The normalized spacial score (nSPS) is 10.9. The van der Waals surface area contributed by atoms with Gasteiger partial charge in [-0.25, -0.2) is 4.98 Å². The highest BCUT2D eigenvalue weighted by atomic mass is 16.5. The van der Waals surface area contributed by atoms with Gasteiger partial charge in [0.1, 0.15) is 11.5 Å². The number of rotatable bonds is 8. The average molecular weight is 332 g/mol. The predicted molar refractivity (Wildman–Crippen MR) is 91.0 cm³/mol. The lowest BCUT2D eigenvalue weighted by Crippen LogP contribution is -2.29. The van der Waals surface area contributed by atoms with Crippen LogP contribution >= 0.6 is 0 Å². The number of carbonyl (C=O) groups is 1. The number of hydrogen-bond acceptors (Lipinski definition) is 5. The van der Waals surface area contributed by atoms with Crippen molar-refractivity contribution in [3.8, 4) is 17.2 Å². The lowest BCUT2D eigenvalue weighted by molar-refractivity contribution is -0.120. The topological polar surface area (TPSA) is 73.6 Å². The quantitative estimate of drug-likeness (QED) is 0.753. The molecular formula is C18H24N2O4. The number of aryl methyl sites for hydroxylation is 1. The van der Waals surface area contributed by atoms with E-state index in [1.165, 1.54) is 0 Å². The van der Waals surface area contributed by atoms with E-state index in [1.54, 1.807) is 14.0 Å². The van der Waals surface area contributed by atoms with Gasteiger partial charge in [-0.15, -0.1) is 0 Å². The van der Waals surface area contributed by atoms with E-state index in [9.17, 15) is 4.79 Å². The summed E-state index contributed by atoms with van der Waals surface area (Å²) in [5, 5.41) is 2.82. The monoisotopic (exact) mass is 332 g/mol. The van der Waals surface area contributed by atoms with Gasteiger partial charge in [0, 0.05) is 6.54 Å². The van der Waals surface area contributed by atoms with Crippen molar-refractivity contribution in [2.24, 2.45) is 0 Å². The van der Waals surface area contributed by atoms with Crippen LogP contribution in [0.2, 0.25) is 0 Å². The van der Waals surface area contributed by atoms with Gasteiger partial charge in [0.15, 0.2) is 0 Å². The van der Waals surface area contributed by atoms with Crippen molar-refractivity contribution >= 4 is 5.91 Å². The maximum Gasteiger partial charge on any atom is 0.230 e. The standard InChI is InChI=1S/C18H24N2O4/c1-12(2)23-10-9-19-17(21)11-15-13(3)24-18(20-15)14-7-5-6-8-16(14)22-4/h5-8,12H,9-11H2,1-4H3,(H,19,21). The van der Waals surface area contributed by atoms with Gasteiger partial charge in [-0.2, -0.15) is 0 Å². The Morgan fingerprint density at radius 3 is 2.79 bits per heavy atom. The van der Waals surface area contributed by atoms with Gasteiger partial charge in [0.2, 0.25) is 11.8 Å². The number of amides is 1. The molecule has 0 aliphatic heterocycles. The molecule has 1 N–H and O–H groups in total. The average Bonchev–Trinajstić information content (AvgIpc) is 2.92. The summed E-state index contributed by atoms with van der Waals surface area (Å²) < 4.78 is 16.4. The van der Waals surface area contributed by atoms with Crippen molar-refractivity contribution in [2.75, 3.05) is 20.3 Å². The Labute approximate surface area is 142 Å². The molecule has 0 saturated carbocycles. The molecule has 2 aromatic rings. The van der Waals surface area contributed by atoms with Crippen LogP contribution in [0.5, 0.6) is 5.75 Å². The third-order valence-corrected chi connectivity index (χ3v) is 3.43. The summed E-state index contributed by atoms with van der Waals surface area (Å²) in [7, 11) is 1.60. The largest absolute Gasteiger partial charge is 0.496 e. The number of aromatic nitrogens is 1. The molecule has 6 nitrogen and oxygen atoms in total. The molecule has 0 atom stereocenters. The highest BCUT2D eigenvalue weighted by Crippen LogP contribution is 2.30. The first kappa shape index (κ1) is 18.0. The van der Waals surface area contributed by atoms with E-state index in [0.29, 0.717) is 36.2 Å². The Kier molecular flexibility index (Phi) is 6.37. The Hall–Kier alpha value is -2.34. The second kappa shape index (κ2) is 8.49. The Balaban J connectivity index is 2.00. The minimum Gasteiger partial charge on any atom is -0.496 e. The molecule has 0 fully saturated rings. The van der Waals surface area contributed by atoms with Crippen LogP contribution in [0.3, 0.4) is 0 Å². The van der Waals surface area contributed by atoms with E-state index in [-0.39, 0.29) is 18.4 Å². The van der Waals surface area contributed by atoms with E-state index in [1.807, 2.05) is 38.1 Å². The minimum atomic E-state index is -0.106. The zero-order valence-corrected chi connectivity index (χ0v) is 14.6. The lowest BCUT2D eigenvalue weighted by Gasteiger charge is -2.08. The molecule has 0 radical (unpaired) electrons. The maximum absolute atomic E-state index is 12.0. The van der Waals surface area contributed by atoms with E-state index in [0.717, 1.165) is 5.56 Å². The fourth-order valence-electron chi connectivity index (χ4n) is 2.23. The molecule has 0 saturated heterocycles. The summed E-state index contributed by atoms with van der Waals surface area (Å²) in [5.41, 5.74) is 1.39. The van der Waals surface area contributed by atoms with Crippen molar-refractivity contribution in [1.82, 2.24) is 10.3 Å². The highest BCUT2D eigenvalue weighted by Gasteiger charge is 2.16. The maximum atomic E-state index is 12.0. The number of carbonyl (C=O) groups excluding carboxylic acids is 1. The molecule has 0 bridgehead atoms. The molecule has 1 heterocycles. The van der Waals surface area contributed by atoms with E-state index in [2.05, 4.69) is 10.3 Å².